The summed E-state index contributed by atoms with van der Waals surface area (Å²) in [7, 11) is 1.85. The topological polar surface area (TPSA) is 58.1 Å². The number of aryl methyl sites for hydroxylation is 2. The number of rotatable bonds is 3. The normalized spacial score (nSPS) is 17.8. The van der Waals surface area contributed by atoms with Crippen LogP contribution in [0.25, 0.3) is 0 Å². The Kier molecular flexibility index (Phi) is 4.11. The van der Waals surface area contributed by atoms with E-state index in [1.54, 1.807) is 0 Å². The van der Waals surface area contributed by atoms with Crippen molar-refractivity contribution in [1.82, 2.24) is 14.9 Å². The van der Waals surface area contributed by atoms with Crippen molar-refractivity contribution in [2.24, 2.45) is 0 Å². The summed E-state index contributed by atoms with van der Waals surface area (Å²) in [5.74, 6) is 1.65. The lowest BCUT2D eigenvalue weighted by Crippen LogP contribution is -2.31. The van der Waals surface area contributed by atoms with Crippen LogP contribution in [0.15, 0.2) is 17.5 Å². The Labute approximate surface area is 134 Å². The van der Waals surface area contributed by atoms with Gasteiger partial charge in [0.25, 0.3) is 5.91 Å². The molecule has 116 valence electrons. The van der Waals surface area contributed by atoms with Gasteiger partial charge in [-0.2, -0.15) is 0 Å². The van der Waals surface area contributed by atoms with Gasteiger partial charge in [0.1, 0.15) is 11.6 Å². The van der Waals surface area contributed by atoms with Crippen LogP contribution >= 0.6 is 11.3 Å². The number of aromatic nitrogens is 2. The van der Waals surface area contributed by atoms with Gasteiger partial charge in [-0.3, -0.25) is 4.79 Å². The third-order valence-corrected chi connectivity index (χ3v) is 5.03. The molecule has 2 aromatic heterocycles. The fourth-order valence-electron chi connectivity index (χ4n) is 2.93. The van der Waals surface area contributed by atoms with E-state index in [0.29, 0.717) is 0 Å². The molecule has 3 rings (SSSR count). The fraction of sp³-hybridized carbons (Fsp3) is 0.438. The number of thiophene rings is 1. The van der Waals surface area contributed by atoms with Crippen LogP contribution in [0.1, 0.15) is 45.6 Å². The number of nitrogens with one attached hydrogen (secondary N) is 1. The molecular formula is C16H20N4OS. The summed E-state index contributed by atoms with van der Waals surface area (Å²) in [4.78, 5) is 24.5. The molecule has 1 fully saturated rings. The van der Waals surface area contributed by atoms with Crippen LogP contribution in [0, 0.1) is 13.8 Å². The van der Waals surface area contributed by atoms with Crippen molar-refractivity contribution in [2.45, 2.75) is 32.7 Å². The summed E-state index contributed by atoms with van der Waals surface area (Å²) in [6.07, 6.45) is 1.97. The minimum atomic E-state index is 0.0443. The zero-order chi connectivity index (χ0) is 15.7. The highest BCUT2D eigenvalue weighted by Crippen LogP contribution is 2.34. The molecule has 0 aliphatic carbocycles. The molecule has 1 amide bonds. The zero-order valence-corrected chi connectivity index (χ0v) is 13.9. The second-order valence-electron chi connectivity index (χ2n) is 5.56. The fourth-order valence-corrected chi connectivity index (χ4v) is 3.81. The van der Waals surface area contributed by atoms with Gasteiger partial charge in [0.15, 0.2) is 0 Å². The van der Waals surface area contributed by atoms with Gasteiger partial charge >= 0.3 is 0 Å². The van der Waals surface area contributed by atoms with E-state index in [9.17, 15) is 4.79 Å². The average molecular weight is 316 g/mol. The van der Waals surface area contributed by atoms with Crippen LogP contribution in [-0.4, -0.2) is 34.4 Å². The van der Waals surface area contributed by atoms with Gasteiger partial charge in [-0.15, -0.1) is 11.3 Å². The number of hydrogen-bond acceptors (Lipinski definition) is 5. The Bertz CT molecular complexity index is 697. The Balaban J connectivity index is 1.92. The standard InChI is InChI=1S/C16H20N4OS/c1-10-6-8-22-15(10)16(21)20-7-4-5-13(20)12-9-14(17-3)19-11(2)18-12/h6,8-9,13H,4-5,7H2,1-3H3,(H,17,18,19)/t13-/m0/s1. The first-order valence-corrected chi connectivity index (χ1v) is 8.36. The summed E-state index contributed by atoms with van der Waals surface area (Å²) < 4.78 is 0. The van der Waals surface area contributed by atoms with Crippen molar-refractivity contribution in [3.63, 3.8) is 0 Å². The van der Waals surface area contributed by atoms with E-state index in [4.69, 9.17) is 0 Å². The van der Waals surface area contributed by atoms with Crippen LogP contribution in [0.3, 0.4) is 0 Å². The molecule has 1 aliphatic heterocycles. The van der Waals surface area contributed by atoms with Gasteiger partial charge in [-0.05, 0) is 43.7 Å². The summed E-state index contributed by atoms with van der Waals surface area (Å²) in [6, 6.07) is 3.99. The van der Waals surface area contributed by atoms with Gasteiger partial charge in [0, 0.05) is 19.7 Å². The van der Waals surface area contributed by atoms with Crippen molar-refractivity contribution < 1.29 is 4.79 Å². The van der Waals surface area contributed by atoms with Gasteiger partial charge in [-0.1, -0.05) is 0 Å². The molecule has 0 bridgehead atoms. The molecule has 1 N–H and O–H groups in total. The largest absolute Gasteiger partial charge is 0.373 e. The number of hydrogen-bond donors (Lipinski definition) is 1. The van der Waals surface area contributed by atoms with E-state index in [2.05, 4.69) is 15.3 Å². The van der Waals surface area contributed by atoms with Crippen LogP contribution in [0.5, 0.6) is 0 Å². The molecule has 1 aliphatic rings. The Morgan fingerprint density at radius 2 is 2.23 bits per heavy atom. The zero-order valence-electron chi connectivity index (χ0n) is 13.1. The molecule has 6 heteroatoms. The number of likely N-dealkylation sites (tertiary alicyclic amines) is 1. The Morgan fingerprint density at radius 3 is 2.91 bits per heavy atom. The summed E-state index contributed by atoms with van der Waals surface area (Å²) in [6.45, 7) is 4.66. The highest BCUT2D eigenvalue weighted by molar-refractivity contribution is 7.12. The van der Waals surface area contributed by atoms with E-state index >= 15 is 0 Å². The van der Waals surface area contributed by atoms with E-state index in [0.717, 1.165) is 47.2 Å². The number of carbonyl (C=O) groups is 1. The average Bonchev–Trinajstić information content (AvgIpc) is 3.14. The van der Waals surface area contributed by atoms with Crippen LogP contribution in [-0.2, 0) is 0 Å². The maximum absolute atomic E-state index is 12.8. The van der Waals surface area contributed by atoms with Crippen molar-refractivity contribution in [3.05, 3.63) is 39.5 Å². The van der Waals surface area contributed by atoms with Crippen molar-refractivity contribution in [3.8, 4) is 0 Å². The lowest BCUT2D eigenvalue weighted by molar-refractivity contribution is 0.0737. The SMILES string of the molecule is CNc1cc([C@@H]2CCCN2C(=O)c2sccc2C)nc(C)n1. The van der Waals surface area contributed by atoms with Crippen molar-refractivity contribution in [1.29, 1.82) is 0 Å². The number of amides is 1. The highest BCUT2D eigenvalue weighted by atomic mass is 32.1. The van der Waals surface area contributed by atoms with Crippen LogP contribution in [0.4, 0.5) is 5.82 Å². The molecule has 3 heterocycles. The molecule has 1 atom stereocenters. The number of anilines is 1. The van der Waals surface area contributed by atoms with Crippen molar-refractivity contribution >= 4 is 23.1 Å². The summed E-state index contributed by atoms with van der Waals surface area (Å²) in [5.41, 5.74) is 1.98. The third-order valence-electron chi connectivity index (χ3n) is 4.03. The maximum atomic E-state index is 12.8. The molecule has 1 saturated heterocycles. The Hall–Kier alpha value is -1.95. The third kappa shape index (κ3) is 2.70. The predicted octanol–water partition coefficient (Wildman–Crippen LogP) is 3.17. The second-order valence-corrected chi connectivity index (χ2v) is 6.48. The molecule has 2 aromatic rings. The second kappa shape index (κ2) is 6.04. The van der Waals surface area contributed by atoms with Gasteiger partial charge in [-0.25, -0.2) is 9.97 Å². The Morgan fingerprint density at radius 1 is 1.41 bits per heavy atom. The smallest absolute Gasteiger partial charge is 0.264 e. The summed E-state index contributed by atoms with van der Waals surface area (Å²) >= 11 is 1.52. The minimum absolute atomic E-state index is 0.0443. The number of carbonyl (C=O) groups excluding carboxylic acids is 1. The molecule has 0 radical (unpaired) electrons. The number of nitrogens with zero attached hydrogens (tertiary/aromatic N) is 3. The molecule has 5 nitrogen and oxygen atoms in total. The van der Waals surface area contributed by atoms with E-state index in [1.807, 2.05) is 43.3 Å². The predicted molar refractivity (Wildman–Crippen MR) is 88.4 cm³/mol. The molecule has 0 aromatic carbocycles. The summed E-state index contributed by atoms with van der Waals surface area (Å²) in [5, 5.41) is 5.03. The minimum Gasteiger partial charge on any atom is -0.373 e. The molecule has 0 spiro atoms. The van der Waals surface area contributed by atoms with Gasteiger partial charge in [0.05, 0.1) is 16.6 Å². The lowest BCUT2D eigenvalue weighted by Gasteiger charge is -2.24. The van der Waals surface area contributed by atoms with Crippen LogP contribution < -0.4 is 5.32 Å². The van der Waals surface area contributed by atoms with Gasteiger partial charge < -0.3 is 10.2 Å². The quantitative estimate of drug-likeness (QED) is 0.945. The van der Waals surface area contributed by atoms with E-state index in [-0.39, 0.29) is 11.9 Å². The van der Waals surface area contributed by atoms with Crippen molar-refractivity contribution in [2.75, 3.05) is 18.9 Å². The van der Waals surface area contributed by atoms with Gasteiger partial charge in [0.2, 0.25) is 0 Å². The first-order valence-electron chi connectivity index (χ1n) is 7.48. The maximum Gasteiger partial charge on any atom is 0.264 e. The molecule has 22 heavy (non-hydrogen) atoms. The first kappa shape index (κ1) is 15.0. The highest BCUT2D eigenvalue weighted by Gasteiger charge is 2.33. The molecule has 0 unspecified atom stereocenters. The van der Waals surface area contributed by atoms with E-state index in [1.165, 1.54) is 11.3 Å². The van der Waals surface area contributed by atoms with Crippen LogP contribution in [0.2, 0.25) is 0 Å². The molecular weight excluding hydrogens is 296 g/mol. The van der Waals surface area contributed by atoms with E-state index < -0.39 is 0 Å². The monoisotopic (exact) mass is 316 g/mol. The molecule has 0 saturated carbocycles. The lowest BCUT2D eigenvalue weighted by atomic mass is 10.1. The first-order chi connectivity index (χ1) is 10.6.